The van der Waals surface area contributed by atoms with Crippen molar-refractivity contribution in [1.29, 1.82) is 0 Å². The first-order chi connectivity index (χ1) is 7.68. The zero-order chi connectivity index (χ0) is 11.5. The van der Waals surface area contributed by atoms with E-state index < -0.39 is 12.0 Å². The van der Waals surface area contributed by atoms with E-state index in [1.807, 2.05) is 18.3 Å². The maximum Gasteiger partial charge on any atom is 0.322 e. The van der Waals surface area contributed by atoms with Crippen molar-refractivity contribution in [3.8, 4) is 0 Å². The number of hydrogen-bond donors (Lipinski definition) is 3. The number of rotatable bonds is 3. The first-order valence-corrected chi connectivity index (χ1v) is 5.52. The number of aromatic amines is 1. The van der Waals surface area contributed by atoms with Crippen molar-refractivity contribution < 1.29 is 9.90 Å². The second-order valence-corrected chi connectivity index (χ2v) is 4.14. The summed E-state index contributed by atoms with van der Waals surface area (Å²) in [5.74, 6) is -0.775. The van der Waals surface area contributed by atoms with Crippen LogP contribution in [-0.2, 0) is 4.79 Å². The van der Waals surface area contributed by atoms with Crippen molar-refractivity contribution in [2.24, 2.45) is 0 Å². The van der Waals surface area contributed by atoms with Crippen LogP contribution in [0.15, 0.2) is 18.3 Å². The Bertz CT molecular complexity index is 350. The van der Waals surface area contributed by atoms with E-state index in [2.05, 4.69) is 22.1 Å². The molecule has 0 unspecified atom stereocenters. The first-order valence-electron chi connectivity index (χ1n) is 5.52. The molecule has 1 fully saturated rings. The van der Waals surface area contributed by atoms with E-state index in [1.54, 1.807) is 0 Å². The van der Waals surface area contributed by atoms with Gasteiger partial charge >= 0.3 is 5.97 Å². The summed E-state index contributed by atoms with van der Waals surface area (Å²) in [4.78, 5) is 16.3. The Labute approximate surface area is 94.5 Å². The topological polar surface area (TPSA) is 68.4 Å². The Kier molecular flexibility index (Phi) is 3.26. The quantitative estimate of drug-likeness (QED) is 0.695. The number of piperazine rings is 1. The summed E-state index contributed by atoms with van der Waals surface area (Å²) in [7, 11) is 0. The Morgan fingerprint density at radius 2 is 2.50 bits per heavy atom. The van der Waals surface area contributed by atoms with E-state index in [0.29, 0.717) is 6.54 Å². The summed E-state index contributed by atoms with van der Waals surface area (Å²) in [5.41, 5.74) is 1.13. The van der Waals surface area contributed by atoms with E-state index in [9.17, 15) is 4.79 Å². The van der Waals surface area contributed by atoms with Gasteiger partial charge in [-0.05, 0) is 19.1 Å². The highest BCUT2D eigenvalue weighted by Gasteiger charge is 2.28. The van der Waals surface area contributed by atoms with Gasteiger partial charge in [-0.2, -0.15) is 0 Å². The number of nitrogens with zero attached hydrogens (tertiary/aromatic N) is 1. The molecule has 3 N–H and O–H groups in total. The van der Waals surface area contributed by atoms with Crippen molar-refractivity contribution in [3.63, 3.8) is 0 Å². The van der Waals surface area contributed by atoms with Crippen LogP contribution in [0.5, 0.6) is 0 Å². The van der Waals surface area contributed by atoms with E-state index in [-0.39, 0.29) is 6.04 Å². The Hall–Kier alpha value is -1.33. The molecule has 0 aliphatic carbocycles. The molecule has 0 spiro atoms. The normalized spacial score (nSPS) is 24.2. The molecule has 0 bridgehead atoms. The number of carbonyl (C=O) groups is 1. The fourth-order valence-electron chi connectivity index (χ4n) is 2.09. The molecule has 88 valence electrons. The molecular formula is C11H17N3O2. The van der Waals surface area contributed by atoms with Crippen LogP contribution in [0.25, 0.3) is 0 Å². The minimum atomic E-state index is -0.775. The van der Waals surface area contributed by atoms with Crippen molar-refractivity contribution in [2.45, 2.75) is 19.0 Å². The Balaban J connectivity index is 2.01. The molecular weight excluding hydrogens is 206 g/mol. The van der Waals surface area contributed by atoms with Gasteiger partial charge in [0.15, 0.2) is 0 Å². The van der Waals surface area contributed by atoms with Crippen LogP contribution in [0.1, 0.15) is 18.7 Å². The number of H-pyrrole nitrogens is 1. The highest BCUT2D eigenvalue weighted by Crippen LogP contribution is 2.19. The molecule has 2 heterocycles. The maximum absolute atomic E-state index is 10.9. The van der Waals surface area contributed by atoms with Crippen LogP contribution in [0.2, 0.25) is 0 Å². The van der Waals surface area contributed by atoms with Gasteiger partial charge in [0.2, 0.25) is 0 Å². The van der Waals surface area contributed by atoms with Gasteiger partial charge in [0.05, 0.1) is 0 Å². The van der Waals surface area contributed by atoms with Crippen LogP contribution in [0, 0.1) is 0 Å². The average molecular weight is 223 g/mol. The molecule has 1 saturated heterocycles. The predicted octanol–water partition coefficient (Wildman–Crippen LogP) is 0.434. The van der Waals surface area contributed by atoms with Gasteiger partial charge in [0.25, 0.3) is 0 Å². The lowest BCUT2D eigenvalue weighted by Gasteiger charge is -2.35. The smallest absolute Gasteiger partial charge is 0.322 e. The lowest BCUT2D eigenvalue weighted by molar-refractivity contribution is -0.140. The highest BCUT2D eigenvalue weighted by atomic mass is 16.4. The zero-order valence-corrected chi connectivity index (χ0v) is 9.31. The third kappa shape index (κ3) is 2.25. The van der Waals surface area contributed by atoms with Crippen LogP contribution in [0.4, 0.5) is 0 Å². The molecule has 0 saturated carbocycles. The predicted molar refractivity (Wildman–Crippen MR) is 60.2 cm³/mol. The minimum absolute atomic E-state index is 0.235. The summed E-state index contributed by atoms with van der Waals surface area (Å²) in [5, 5.41) is 12.0. The SMILES string of the molecule is C[C@H](c1ccc[nH]1)N1CCN[C@@H](C(=O)O)C1. The molecule has 2 atom stereocenters. The van der Waals surface area contributed by atoms with Gasteiger partial charge in [-0.3, -0.25) is 9.69 Å². The van der Waals surface area contributed by atoms with Crippen LogP contribution >= 0.6 is 0 Å². The van der Waals surface area contributed by atoms with Crippen molar-refractivity contribution in [2.75, 3.05) is 19.6 Å². The van der Waals surface area contributed by atoms with Gasteiger partial charge in [-0.15, -0.1) is 0 Å². The van der Waals surface area contributed by atoms with Crippen molar-refractivity contribution in [1.82, 2.24) is 15.2 Å². The fourth-order valence-corrected chi connectivity index (χ4v) is 2.09. The molecule has 1 aromatic heterocycles. The summed E-state index contributed by atoms with van der Waals surface area (Å²) >= 11 is 0. The van der Waals surface area contributed by atoms with E-state index in [4.69, 9.17) is 5.11 Å². The fraction of sp³-hybridized carbons (Fsp3) is 0.545. The summed E-state index contributed by atoms with van der Waals surface area (Å²) in [6.45, 7) is 4.25. The monoisotopic (exact) mass is 223 g/mol. The molecule has 1 aromatic rings. The third-order valence-electron chi connectivity index (χ3n) is 3.12. The number of nitrogens with one attached hydrogen (secondary N) is 2. The molecule has 0 amide bonds. The number of carboxylic acid groups (broad SMARTS) is 1. The summed E-state index contributed by atoms with van der Waals surface area (Å²) < 4.78 is 0. The molecule has 0 radical (unpaired) electrons. The van der Waals surface area contributed by atoms with Crippen LogP contribution in [-0.4, -0.2) is 46.6 Å². The van der Waals surface area contributed by atoms with Gasteiger partial charge in [-0.25, -0.2) is 0 Å². The molecule has 0 aromatic carbocycles. The first kappa shape index (κ1) is 11.2. The number of carboxylic acids is 1. The van der Waals surface area contributed by atoms with E-state index >= 15 is 0 Å². The van der Waals surface area contributed by atoms with Crippen LogP contribution in [0.3, 0.4) is 0 Å². The molecule has 16 heavy (non-hydrogen) atoms. The summed E-state index contributed by atoms with van der Waals surface area (Å²) in [6.07, 6.45) is 1.89. The van der Waals surface area contributed by atoms with E-state index in [0.717, 1.165) is 18.8 Å². The standard InChI is InChI=1S/C11H17N3O2/c1-8(9-3-2-4-12-9)14-6-5-13-10(7-14)11(15)16/h2-4,8,10,12-13H,5-7H2,1H3,(H,15,16)/t8-,10-/m1/s1. The molecule has 1 aliphatic rings. The zero-order valence-electron chi connectivity index (χ0n) is 9.31. The molecule has 1 aliphatic heterocycles. The summed E-state index contributed by atoms with van der Waals surface area (Å²) in [6, 6.07) is 3.77. The van der Waals surface area contributed by atoms with Gasteiger partial charge in [-0.1, -0.05) is 0 Å². The Morgan fingerprint density at radius 3 is 3.12 bits per heavy atom. The lowest BCUT2D eigenvalue weighted by Crippen LogP contribution is -2.54. The Morgan fingerprint density at radius 1 is 1.69 bits per heavy atom. The number of aliphatic carboxylic acids is 1. The molecule has 2 rings (SSSR count). The van der Waals surface area contributed by atoms with Crippen molar-refractivity contribution >= 4 is 5.97 Å². The molecule has 5 heteroatoms. The lowest BCUT2D eigenvalue weighted by atomic mass is 10.1. The van der Waals surface area contributed by atoms with Gasteiger partial charge in [0.1, 0.15) is 6.04 Å². The third-order valence-corrected chi connectivity index (χ3v) is 3.12. The second-order valence-electron chi connectivity index (χ2n) is 4.14. The van der Waals surface area contributed by atoms with Gasteiger partial charge < -0.3 is 15.4 Å². The van der Waals surface area contributed by atoms with E-state index in [1.165, 1.54) is 0 Å². The highest BCUT2D eigenvalue weighted by molar-refractivity contribution is 5.73. The number of aromatic nitrogens is 1. The molecule has 5 nitrogen and oxygen atoms in total. The maximum atomic E-state index is 10.9. The minimum Gasteiger partial charge on any atom is -0.480 e. The van der Waals surface area contributed by atoms with Crippen LogP contribution < -0.4 is 5.32 Å². The van der Waals surface area contributed by atoms with Gasteiger partial charge in [0, 0.05) is 37.6 Å². The average Bonchev–Trinajstić information content (AvgIpc) is 2.81. The largest absolute Gasteiger partial charge is 0.480 e. The van der Waals surface area contributed by atoms with Crippen molar-refractivity contribution in [3.05, 3.63) is 24.0 Å². The number of hydrogen-bond acceptors (Lipinski definition) is 3. The second kappa shape index (κ2) is 4.67.